The van der Waals surface area contributed by atoms with Crippen molar-refractivity contribution < 1.29 is 4.74 Å². The molecular formula is C38H33BrN4O. The number of hydrogen-bond donors (Lipinski definition) is 0. The van der Waals surface area contributed by atoms with Crippen molar-refractivity contribution in [2.45, 2.75) is 39.5 Å². The van der Waals surface area contributed by atoms with Gasteiger partial charge in [-0.15, -0.1) is 0 Å². The van der Waals surface area contributed by atoms with Crippen LogP contribution in [0.4, 0.5) is 0 Å². The van der Waals surface area contributed by atoms with Gasteiger partial charge in [0.25, 0.3) is 0 Å². The Labute approximate surface area is 265 Å². The van der Waals surface area contributed by atoms with Crippen molar-refractivity contribution in [1.82, 2.24) is 19.1 Å². The maximum Gasteiger partial charge on any atom is 0.144 e. The first kappa shape index (κ1) is 28.1. The van der Waals surface area contributed by atoms with Crippen molar-refractivity contribution in [2.24, 2.45) is 0 Å². The molecule has 0 unspecified atom stereocenters. The van der Waals surface area contributed by atoms with Crippen LogP contribution in [0.5, 0.6) is 11.5 Å². The van der Waals surface area contributed by atoms with E-state index in [1.54, 1.807) is 0 Å². The number of ether oxygens (including phenoxy) is 1. The Morgan fingerprint density at radius 1 is 0.659 bits per heavy atom. The number of para-hydroxylation sites is 1. The van der Waals surface area contributed by atoms with Crippen LogP contribution in [-0.4, -0.2) is 19.1 Å². The Balaban J connectivity index is 1.30. The minimum atomic E-state index is 0.349. The standard InChI is InChI=1S/C38H33BrN4O/c1-24(2)32-21-27(39)22-33(25(3)4)37(32)42-19-18-41-38(42)26-10-9-11-28(20-26)44-29-15-16-31-30-12-5-6-13-34(30)43(35(31)23-29)36-14-7-8-17-40-36/h5-25H,1-4H3. The Bertz CT molecular complexity index is 2100. The predicted molar refractivity (Wildman–Crippen MR) is 184 cm³/mol. The van der Waals surface area contributed by atoms with Crippen LogP contribution in [0.15, 0.2) is 120 Å². The van der Waals surface area contributed by atoms with E-state index in [0.29, 0.717) is 11.8 Å². The third kappa shape index (κ3) is 4.99. The van der Waals surface area contributed by atoms with Gasteiger partial charge in [0.05, 0.1) is 16.7 Å². The molecule has 0 fully saturated rings. The van der Waals surface area contributed by atoms with Crippen molar-refractivity contribution in [3.05, 3.63) is 131 Å². The number of imidazole rings is 1. The van der Waals surface area contributed by atoms with Gasteiger partial charge < -0.3 is 4.74 Å². The molecule has 3 aromatic heterocycles. The number of nitrogens with zero attached hydrogens (tertiary/aromatic N) is 4. The molecule has 7 aromatic rings. The van der Waals surface area contributed by atoms with E-state index in [9.17, 15) is 0 Å². The minimum absolute atomic E-state index is 0.349. The van der Waals surface area contributed by atoms with E-state index in [4.69, 9.17) is 9.72 Å². The molecule has 7 rings (SSSR count). The highest BCUT2D eigenvalue weighted by Crippen LogP contribution is 2.38. The second kappa shape index (κ2) is 11.4. The van der Waals surface area contributed by atoms with Crippen molar-refractivity contribution in [1.29, 1.82) is 0 Å². The fourth-order valence-corrected chi connectivity index (χ4v) is 6.57. The van der Waals surface area contributed by atoms with Crippen LogP contribution in [0.3, 0.4) is 0 Å². The zero-order valence-electron chi connectivity index (χ0n) is 25.2. The van der Waals surface area contributed by atoms with E-state index in [-0.39, 0.29) is 0 Å². The lowest BCUT2D eigenvalue weighted by Gasteiger charge is -2.22. The molecule has 6 heteroatoms. The second-order valence-electron chi connectivity index (χ2n) is 11.7. The van der Waals surface area contributed by atoms with Gasteiger partial charge in [-0.25, -0.2) is 9.97 Å². The first-order valence-corrected chi connectivity index (χ1v) is 15.8. The largest absolute Gasteiger partial charge is 0.457 e. The van der Waals surface area contributed by atoms with Gasteiger partial charge in [0, 0.05) is 45.5 Å². The highest BCUT2D eigenvalue weighted by molar-refractivity contribution is 9.10. The summed E-state index contributed by atoms with van der Waals surface area (Å²) in [7, 11) is 0. The molecule has 4 aromatic carbocycles. The Kier molecular flexibility index (Phi) is 7.31. The summed E-state index contributed by atoms with van der Waals surface area (Å²) in [5, 5.41) is 2.34. The molecule has 0 aliphatic carbocycles. The van der Waals surface area contributed by atoms with E-state index >= 15 is 0 Å². The van der Waals surface area contributed by atoms with Crippen LogP contribution >= 0.6 is 15.9 Å². The van der Waals surface area contributed by atoms with Crippen LogP contribution in [-0.2, 0) is 0 Å². The molecule has 0 bridgehead atoms. The van der Waals surface area contributed by atoms with Gasteiger partial charge in [0.1, 0.15) is 23.1 Å². The van der Waals surface area contributed by atoms with Crippen LogP contribution in [0.2, 0.25) is 0 Å². The quantitative estimate of drug-likeness (QED) is 0.174. The summed E-state index contributed by atoms with van der Waals surface area (Å²) in [5.74, 6) is 3.96. The SMILES string of the molecule is CC(C)c1cc(Br)cc(C(C)C)c1-n1ccnc1-c1cccc(Oc2ccc3c4ccccc4n(-c4ccccn4)c3c2)c1. The van der Waals surface area contributed by atoms with Gasteiger partial charge in [0.2, 0.25) is 0 Å². The molecule has 0 radical (unpaired) electrons. The fraction of sp³-hybridized carbons (Fsp3) is 0.158. The summed E-state index contributed by atoms with van der Waals surface area (Å²) in [5.41, 5.74) is 6.92. The first-order chi connectivity index (χ1) is 21.4. The molecule has 0 aliphatic heterocycles. The van der Waals surface area contributed by atoms with E-state index in [1.165, 1.54) is 22.2 Å². The zero-order chi connectivity index (χ0) is 30.4. The minimum Gasteiger partial charge on any atom is -0.457 e. The molecule has 218 valence electrons. The lowest BCUT2D eigenvalue weighted by molar-refractivity contribution is 0.483. The number of hydrogen-bond acceptors (Lipinski definition) is 3. The van der Waals surface area contributed by atoms with Crippen molar-refractivity contribution >= 4 is 37.7 Å². The lowest BCUT2D eigenvalue weighted by Crippen LogP contribution is -2.08. The smallest absolute Gasteiger partial charge is 0.144 e. The van der Waals surface area contributed by atoms with Crippen LogP contribution in [0.25, 0.3) is 44.7 Å². The second-order valence-corrected chi connectivity index (χ2v) is 12.6. The first-order valence-electron chi connectivity index (χ1n) is 15.0. The predicted octanol–water partition coefficient (Wildman–Crippen LogP) is 10.8. The van der Waals surface area contributed by atoms with Gasteiger partial charge in [-0.2, -0.15) is 0 Å². The molecule has 0 N–H and O–H groups in total. The van der Waals surface area contributed by atoms with Gasteiger partial charge in [0.15, 0.2) is 0 Å². The van der Waals surface area contributed by atoms with Gasteiger partial charge in [-0.3, -0.25) is 9.13 Å². The summed E-state index contributed by atoms with van der Waals surface area (Å²) in [6.45, 7) is 8.96. The Morgan fingerprint density at radius 2 is 1.39 bits per heavy atom. The summed E-state index contributed by atoms with van der Waals surface area (Å²) < 4.78 is 12.0. The zero-order valence-corrected chi connectivity index (χ0v) is 26.8. The molecule has 0 aliphatic rings. The van der Waals surface area contributed by atoms with E-state index in [0.717, 1.165) is 49.6 Å². The highest BCUT2D eigenvalue weighted by Gasteiger charge is 2.20. The number of pyridine rings is 1. The van der Waals surface area contributed by atoms with E-state index < -0.39 is 0 Å². The molecule has 5 nitrogen and oxygen atoms in total. The van der Waals surface area contributed by atoms with E-state index in [1.807, 2.05) is 48.8 Å². The average Bonchev–Trinajstić information content (AvgIpc) is 3.64. The Hall–Kier alpha value is -4.68. The molecule has 0 amide bonds. The number of benzene rings is 4. The summed E-state index contributed by atoms with van der Waals surface area (Å²) in [4.78, 5) is 9.49. The Morgan fingerprint density at radius 3 is 2.14 bits per heavy atom. The maximum absolute atomic E-state index is 6.52. The van der Waals surface area contributed by atoms with Gasteiger partial charge in [-0.05, 0) is 77.6 Å². The van der Waals surface area contributed by atoms with Crippen molar-refractivity contribution in [3.8, 4) is 34.4 Å². The molecule has 0 saturated carbocycles. The van der Waals surface area contributed by atoms with Crippen molar-refractivity contribution in [2.75, 3.05) is 0 Å². The molecule has 3 heterocycles. The lowest BCUT2D eigenvalue weighted by atomic mass is 9.92. The third-order valence-corrected chi connectivity index (χ3v) is 8.57. The van der Waals surface area contributed by atoms with Crippen LogP contribution in [0.1, 0.15) is 50.7 Å². The van der Waals surface area contributed by atoms with Gasteiger partial charge >= 0.3 is 0 Å². The van der Waals surface area contributed by atoms with Crippen molar-refractivity contribution in [3.63, 3.8) is 0 Å². The highest BCUT2D eigenvalue weighted by atomic mass is 79.9. The maximum atomic E-state index is 6.52. The summed E-state index contributed by atoms with van der Waals surface area (Å²) >= 11 is 3.75. The van der Waals surface area contributed by atoms with Crippen LogP contribution < -0.4 is 4.74 Å². The molecular weight excluding hydrogens is 608 g/mol. The topological polar surface area (TPSA) is 44.9 Å². The number of aromatic nitrogens is 4. The van der Waals surface area contributed by atoms with Crippen LogP contribution in [0, 0.1) is 0 Å². The summed E-state index contributed by atoms with van der Waals surface area (Å²) in [6.07, 6.45) is 5.77. The summed E-state index contributed by atoms with van der Waals surface area (Å²) in [6, 6.07) is 33.3. The molecule has 0 atom stereocenters. The number of fused-ring (bicyclic) bond motifs is 3. The normalized spacial score (nSPS) is 11.7. The molecule has 44 heavy (non-hydrogen) atoms. The number of rotatable bonds is 7. The third-order valence-electron chi connectivity index (χ3n) is 8.11. The fourth-order valence-electron chi connectivity index (χ4n) is 6.08. The molecule has 0 spiro atoms. The molecule has 0 saturated heterocycles. The monoisotopic (exact) mass is 640 g/mol. The number of halogens is 1. The van der Waals surface area contributed by atoms with Gasteiger partial charge in [-0.1, -0.05) is 80.0 Å². The average molecular weight is 642 g/mol. The van der Waals surface area contributed by atoms with E-state index in [2.05, 4.69) is 125 Å².